The molecule has 0 atom stereocenters. The molecule has 116 valence electrons. The lowest BCUT2D eigenvalue weighted by Crippen LogP contribution is -2.10. The molecule has 2 heterocycles. The number of furan rings is 1. The highest BCUT2D eigenvalue weighted by Crippen LogP contribution is 2.17. The molecule has 1 amide bonds. The first-order chi connectivity index (χ1) is 11.1. The quantitative estimate of drug-likeness (QED) is 0.576. The van der Waals surface area contributed by atoms with Crippen LogP contribution in [0.5, 0.6) is 0 Å². The van der Waals surface area contributed by atoms with E-state index in [0.717, 1.165) is 0 Å². The largest absolute Gasteiger partial charge is 0.454 e. The summed E-state index contributed by atoms with van der Waals surface area (Å²) in [6.07, 6.45) is 3.45. The van der Waals surface area contributed by atoms with E-state index in [2.05, 4.69) is 10.4 Å². The number of non-ortho nitro benzene ring substituents is 1. The summed E-state index contributed by atoms with van der Waals surface area (Å²) in [6.45, 7) is 0.428. The van der Waals surface area contributed by atoms with Crippen molar-refractivity contribution in [2.24, 2.45) is 0 Å². The number of carbonyl (C=O) groups excluding carboxylic acids is 1. The Morgan fingerprint density at radius 1 is 1.26 bits per heavy atom. The van der Waals surface area contributed by atoms with Crippen LogP contribution in [-0.4, -0.2) is 20.6 Å². The fraction of sp³-hybridized carbons (Fsp3) is 0.0667. The summed E-state index contributed by atoms with van der Waals surface area (Å²) < 4.78 is 7.15. The van der Waals surface area contributed by atoms with E-state index < -0.39 is 10.8 Å². The Kier molecular flexibility index (Phi) is 3.88. The molecule has 0 aliphatic rings. The second kappa shape index (κ2) is 6.14. The van der Waals surface area contributed by atoms with Crippen LogP contribution in [-0.2, 0) is 6.54 Å². The zero-order valence-electron chi connectivity index (χ0n) is 11.9. The number of anilines is 1. The van der Waals surface area contributed by atoms with Crippen molar-refractivity contribution in [1.82, 2.24) is 9.78 Å². The average molecular weight is 312 g/mol. The van der Waals surface area contributed by atoms with E-state index in [1.54, 1.807) is 35.3 Å². The Hall–Kier alpha value is -3.42. The van der Waals surface area contributed by atoms with Crippen LogP contribution in [0.3, 0.4) is 0 Å². The van der Waals surface area contributed by atoms with Gasteiger partial charge in [0.25, 0.3) is 11.6 Å². The second-order valence-electron chi connectivity index (χ2n) is 4.73. The molecular formula is C15H12N4O4. The fourth-order valence-corrected chi connectivity index (χ4v) is 2.00. The van der Waals surface area contributed by atoms with Gasteiger partial charge in [0.05, 0.1) is 11.5 Å². The van der Waals surface area contributed by atoms with Gasteiger partial charge in [-0.3, -0.25) is 19.6 Å². The van der Waals surface area contributed by atoms with E-state index in [1.807, 2.05) is 0 Å². The highest BCUT2D eigenvalue weighted by atomic mass is 16.6. The summed E-state index contributed by atoms with van der Waals surface area (Å²) in [5.41, 5.74) is 0.410. The van der Waals surface area contributed by atoms with Crippen LogP contribution in [0.15, 0.2) is 59.3 Å². The Labute approximate surface area is 130 Å². The van der Waals surface area contributed by atoms with Crippen LogP contribution in [0.1, 0.15) is 16.3 Å². The van der Waals surface area contributed by atoms with Gasteiger partial charge >= 0.3 is 0 Å². The Morgan fingerprint density at radius 2 is 2.04 bits per heavy atom. The topological polar surface area (TPSA) is 103 Å². The zero-order chi connectivity index (χ0) is 16.2. The van der Waals surface area contributed by atoms with Gasteiger partial charge in [0.15, 0.2) is 5.76 Å². The van der Waals surface area contributed by atoms with Gasteiger partial charge in [0, 0.05) is 30.2 Å². The van der Waals surface area contributed by atoms with Gasteiger partial charge in [0.2, 0.25) is 0 Å². The van der Waals surface area contributed by atoms with Gasteiger partial charge in [-0.25, -0.2) is 0 Å². The van der Waals surface area contributed by atoms with E-state index >= 15 is 0 Å². The molecule has 0 radical (unpaired) electrons. The van der Waals surface area contributed by atoms with Gasteiger partial charge < -0.3 is 9.73 Å². The Balaban J connectivity index is 1.66. The maximum Gasteiger partial charge on any atom is 0.291 e. The highest BCUT2D eigenvalue weighted by molar-refractivity contribution is 6.02. The first-order valence-electron chi connectivity index (χ1n) is 6.74. The van der Waals surface area contributed by atoms with Crippen molar-refractivity contribution >= 4 is 17.3 Å². The summed E-state index contributed by atoms with van der Waals surface area (Å²) in [7, 11) is 0. The second-order valence-corrected chi connectivity index (χ2v) is 4.73. The number of nitro groups is 1. The number of carbonyl (C=O) groups is 1. The number of nitro benzene ring substituents is 1. The highest BCUT2D eigenvalue weighted by Gasteiger charge is 2.12. The SMILES string of the molecule is O=C(Nc1ccc([N+](=O)[O-])cc1)c1ccc(Cn2cccn2)o1. The number of hydrogen-bond acceptors (Lipinski definition) is 5. The molecule has 8 nitrogen and oxygen atoms in total. The first-order valence-corrected chi connectivity index (χ1v) is 6.74. The van der Waals surface area contributed by atoms with Crippen molar-refractivity contribution in [1.29, 1.82) is 0 Å². The normalized spacial score (nSPS) is 10.4. The summed E-state index contributed by atoms with van der Waals surface area (Å²) in [4.78, 5) is 22.2. The van der Waals surface area contributed by atoms with Gasteiger partial charge in [-0.2, -0.15) is 5.10 Å². The number of benzene rings is 1. The molecule has 23 heavy (non-hydrogen) atoms. The molecule has 0 aliphatic carbocycles. The predicted molar refractivity (Wildman–Crippen MR) is 81.1 cm³/mol. The van der Waals surface area contributed by atoms with Gasteiger partial charge in [-0.1, -0.05) is 0 Å². The monoisotopic (exact) mass is 312 g/mol. The van der Waals surface area contributed by atoms with E-state index in [0.29, 0.717) is 18.0 Å². The molecule has 3 rings (SSSR count). The van der Waals surface area contributed by atoms with Gasteiger partial charge in [-0.15, -0.1) is 0 Å². The van der Waals surface area contributed by atoms with Crippen LogP contribution in [0, 0.1) is 10.1 Å². The molecule has 1 N–H and O–H groups in total. The van der Waals surface area contributed by atoms with Gasteiger partial charge in [-0.05, 0) is 30.3 Å². The Bertz CT molecular complexity index is 822. The molecule has 0 aliphatic heterocycles. The van der Waals surface area contributed by atoms with Crippen LogP contribution in [0.4, 0.5) is 11.4 Å². The minimum absolute atomic E-state index is 0.0393. The minimum atomic E-state index is -0.500. The summed E-state index contributed by atoms with van der Waals surface area (Å²) in [5, 5.41) is 17.3. The molecule has 8 heteroatoms. The van der Waals surface area contributed by atoms with Crippen molar-refractivity contribution < 1.29 is 14.1 Å². The van der Waals surface area contributed by atoms with E-state index in [4.69, 9.17) is 4.42 Å². The third kappa shape index (κ3) is 3.43. The fourth-order valence-electron chi connectivity index (χ4n) is 2.00. The van der Waals surface area contributed by atoms with Crippen LogP contribution < -0.4 is 5.32 Å². The van der Waals surface area contributed by atoms with Crippen molar-refractivity contribution in [3.8, 4) is 0 Å². The molecule has 0 spiro atoms. The molecule has 3 aromatic rings. The van der Waals surface area contributed by atoms with Crippen LogP contribution >= 0.6 is 0 Å². The minimum Gasteiger partial charge on any atom is -0.454 e. The zero-order valence-corrected chi connectivity index (χ0v) is 11.9. The third-order valence-electron chi connectivity index (χ3n) is 3.10. The lowest BCUT2D eigenvalue weighted by atomic mass is 10.3. The van der Waals surface area contributed by atoms with Crippen molar-refractivity contribution in [3.05, 3.63) is 76.5 Å². The smallest absolute Gasteiger partial charge is 0.291 e. The molecule has 1 aromatic carbocycles. The van der Waals surface area contributed by atoms with E-state index in [9.17, 15) is 14.9 Å². The van der Waals surface area contributed by atoms with E-state index in [-0.39, 0.29) is 11.4 Å². The molecule has 0 saturated carbocycles. The summed E-state index contributed by atoms with van der Waals surface area (Å²) in [5.74, 6) is 0.332. The molecule has 0 bridgehead atoms. The van der Waals surface area contributed by atoms with Gasteiger partial charge in [0.1, 0.15) is 5.76 Å². The molecule has 0 fully saturated rings. The number of amides is 1. The summed E-state index contributed by atoms with van der Waals surface area (Å²) >= 11 is 0. The first kappa shape index (κ1) is 14.5. The number of hydrogen-bond donors (Lipinski definition) is 1. The predicted octanol–water partition coefficient (Wildman–Crippen LogP) is 2.68. The molecule has 0 unspecified atom stereocenters. The number of rotatable bonds is 5. The van der Waals surface area contributed by atoms with Crippen molar-refractivity contribution in [2.75, 3.05) is 5.32 Å². The molecule has 2 aromatic heterocycles. The molecule has 0 saturated heterocycles. The lowest BCUT2D eigenvalue weighted by molar-refractivity contribution is -0.384. The molecular weight excluding hydrogens is 300 g/mol. The van der Waals surface area contributed by atoms with Crippen LogP contribution in [0.2, 0.25) is 0 Å². The number of aromatic nitrogens is 2. The lowest BCUT2D eigenvalue weighted by Gasteiger charge is -2.02. The van der Waals surface area contributed by atoms with Crippen molar-refractivity contribution in [2.45, 2.75) is 6.54 Å². The standard InChI is InChI=1S/C15H12N4O4/c20-15(17-11-2-4-12(5-3-11)19(21)22)14-7-6-13(23-14)10-18-9-1-8-16-18/h1-9H,10H2,(H,17,20). The maximum absolute atomic E-state index is 12.1. The van der Waals surface area contributed by atoms with Crippen LogP contribution in [0.25, 0.3) is 0 Å². The number of nitrogens with one attached hydrogen (secondary N) is 1. The summed E-state index contributed by atoms with van der Waals surface area (Å²) in [6, 6.07) is 10.6. The third-order valence-corrected chi connectivity index (χ3v) is 3.10. The average Bonchev–Trinajstić information content (AvgIpc) is 3.20. The van der Waals surface area contributed by atoms with E-state index in [1.165, 1.54) is 24.3 Å². The Morgan fingerprint density at radius 3 is 2.70 bits per heavy atom. The van der Waals surface area contributed by atoms with Crippen molar-refractivity contribution in [3.63, 3.8) is 0 Å². The number of nitrogens with zero attached hydrogens (tertiary/aromatic N) is 3. The maximum atomic E-state index is 12.1.